The van der Waals surface area contributed by atoms with Crippen molar-refractivity contribution in [1.29, 1.82) is 0 Å². The highest BCUT2D eigenvalue weighted by molar-refractivity contribution is 7.86. The van der Waals surface area contributed by atoms with Crippen LogP contribution < -0.4 is 4.90 Å². The predicted molar refractivity (Wildman–Crippen MR) is 116 cm³/mol. The standard InChI is InChI=1S/C18H29NO9S3/c1-14-18(2,9-3-5-11-29(20,21)22)16-13-15(31(26,27)28)7-8-17(16)19(14)10-4-6-12-30(23,24)25/h7-8,13-14H,3-6,9-12H2,1-2H3,(H,20,21,22)(H,23,24,25)(H,26,27,28). The third-order valence-electron chi connectivity index (χ3n) is 5.98. The zero-order chi connectivity index (χ0) is 23.7. The summed E-state index contributed by atoms with van der Waals surface area (Å²) in [5, 5.41) is 0. The maximum absolute atomic E-state index is 11.6. The second-order valence-electron chi connectivity index (χ2n) is 8.18. The van der Waals surface area contributed by atoms with Crippen LogP contribution in [0.3, 0.4) is 0 Å². The van der Waals surface area contributed by atoms with E-state index < -0.39 is 35.8 Å². The molecule has 10 nitrogen and oxygen atoms in total. The smallest absolute Gasteiger partial charge is 0.294 e. The van der Waals surface area contributed by atoms with Crippen molar-refractivity contribution >= 4 is 36.0 Å². The fourth-order valence-electron chi connectivity index (χ4n) is 4.16. The Hall–Kier alpha value is -1.25. The lowest BCUT2D eigenvalue weighted by molar-refractivity contribution is 0.361. The van der Waals surface area contributed by atoms with Gasteiger partial charge >= 0.3 is 0 Å². The van der Waals surface area contributed by atoms with Crippen molar-refractivity contribution in [3.05, 3.63) is 23.8 Å². The molecule has 1 aromatic rings. The molecule has 0 fully saturated rings. The van der Waals surface area contributed by atoms with E-state index >= 15 is 0 Å². The average molecular weight is 500 g/mol. The van der Waals surface area contributed by atoms with Crippen molar-refractivity contribution in [1.82, 2.24) is 0 Å². The van der Waals surface area contributed by atoms with E-state index in [4.69, 9.17) is 9.11 Å². The van der Waals surface area contributed by atoms with Crippen molar-refractivity contribution < 1.29 is 38.9 Å². The van der Waals surface area contributed by atoms with E-state index in [9.17, 15) is 29.8 Å². The second-order valence-corrected chi connectivity index (χ2v) is 12.7. The average Bonchev–Trinajstić information content (AvgIpc) is 2.81. The van der Waals surface area contributed by atoms with Gasteiger partial charge in [-0.15, -0.1) is 0 Å². The van der Waals surface area contributed by atoms with Crippen molar-refractivity contribution in [2.45, 2.75) is 62.3 Å². The first kappa shape index (κ1) is 26.0. The minimum Gasteiger partial charge on any atom is -0.368 e. The lowest BCUT2D eigenvalue weighted by Gasteiger charge is -2.34. The second kappa shape index (κ2) is 9.32. The molecule has 2 unspecified atom stereocenters. The maximum Gasteiger partial charge on any atom is 0.294 e. The van der Waals surface area contributed by atoms with E-state index in [0.717, 1.165) is 5.69 Å². The first-order chi connectivity index (χ1) is 14.0. The number of unbranched alkanes of at least 4 members (excludes halogenated alkanes) is 2. The molecule has 0 spiro atoms. The third-order valence-corrected chi connectivity index (χ3v) is 8.44. The summed E-state index contributed by atoms with van der Waals surface area (Å²) >= 11 is 0. The molecule has 0 saturated heterocycles. The summed E-state index contributed by atoms with van der Waals surface area (Å²) in [6.45, 7) is 4.34. The van der Waals surface area contributed by atoms with E-state index in [1.807, 2.05) is 18.7 Å². The Morgan fingerprint density at radius 3 is 1.97 bits per heavy atom. The molecule has 1 aliphatic heterocycles. The number of rotatable bonds is 11. The molecule has 0 bridgehead atoms. The molecule has 1 aliphatic rings. The van der Waals surface area contributed by atoms with Gasteiger partial charge in [-0.05, 0) is 56.4 Å². The maximum atomic E-state index is 11.6. The van der Waals surface area contributed by atoms with Gasteiger partial charge in [0.25, 0.3) is 30.4 Å². The highest BCUT2D eigenvalue weighted by atomic mass is 32.2. The van der Waals surface area contributed by atoms with E-state index in [0.29, 0.717) is 31.4 Å². The minimum atomic E-state index is -4.42. The summed E-state index contributed by atoms with van der Waals surface area (Å²) in [5.41, 5.74) is 0.874. The van der Waals surface area contributed by atoms with Crippen LogP contribution in [0, 0.1) is 0 Å². The Balaban J connectivity index is 2.29. The molecule has 13 heteroatoms. The van der Waals surface area contributed by atoms with Crippen molar-refractivity contribution in [3.8, 4) is 0 Å². The zero-order valence-electron chi connectivity index (χ0n) is 17.4. The van der Waals surface area contributed by atoms with Gasteiger partial charge in [0.2, 0.25) is 0 Å². The third kappa shape index (κ3) is 6.86. The van der Waals surface area contributed by atoms with Crippen LogP contribution >= 0.6 is 0 Å². The normalized spacial score (nSPS) is 22.0. The van der Waals surface area contributed by atoms with Gasteiger partial charge in [-0.2, -0.15) is 25.3 Å². The topological polar surface area (TPSA) is 166 Å². The molecule has 2 rings (SSSR count). The van der Waals surface area contributed by atoms with Crippen LogP contribution in [-0.4, -0.2) is 63.0 Å². The molecular weight excluding hydrogens is 470 g/mol. The fourth-order valence-corrected chi connectivity index (χ4v) is 5.81. The van der Waals surface area contributed by atoms with Crippen LogP contribution in [-0.2, 0) is 35.8 Å². The molecule has 3 N–H and O–H groups in total. The highest BCUT2D eigenvalue weighted by Gasteiger charge is 2.45. The van der Waals surface area contributed by atoms with Crippen LogP contribution in [0.5, 0.6) is 0 Å². The van der Waals surface area contributed by atoms with Crippen LogP contribution in [0.1, 0.15) is 51.5 Å². The highest BCUT2D eigenvalue weighted by Crippen LogP contribution is 2.48. The van der Waals surface area contributed by atoms with Gasteiger partial charge < -0.3 is 4.90 Å². The number of hydrogen-bond donors (Lipinski definition) is 3. The summed E-state index contributed by atoms with van der Waals surface area (Å²) < 4.78 is 94.5. The Kier molecular flexibility index (Phi) is 7.81. The Labute approximate surface area is 183 Å². The Bertz CT molecular complexity index is 1110. The van der Waals surface area contributed by atoms with Crippen molar-refractivity contribution in [2.75, 3.05) is 23.0 Å². The van der Waals surface area contributed by atoms with Crippen molar-refractivity contribution in [3.63, 3.8) is 0 Å². The summed E-state index contributed by atoms with van der Waals surface area (Å²) in [6, 6.07) is 4.19. The fraction of sp³-hybridized carbons (Fsp3) is 0.667. The summed E-state index contributed by atoms with van der Waals surface area (Å²) in [7, 11) is -12.5. The number of anilines is 1. The molecule has 0 aromatic heterocycles. The van der Waals surface area contributed by atoms with Gasteiger partial charge in [0.05, 0.1) is 16.4 Å². The first-order valence-electron chi connectivity index (χ1n) is 9.83. The van der Waals surface area contributed by atoms with Gasteiger partial charge in [-0.25, -0.2) is 0 Å². The molecule has 0 radical (unpaired) electrons. The van der Waals surface area contributed by atoms with E-state index in [1.54, 1.807) is 6.07 Å². The van der Waals surface area contributed by atoms with E-state index in [1.165, 1.54) is 12.1 Å². The van der Waals surface area contributed by atoms with Crippen LogP contribution in [0.2, 0.25) is 0 Å². The van der Waals surface area contributed by atoms with Gasteiger partial charge in [-0.1, -0.05) is 13.3 Å². The lowest BCUT2D eigenvalue weighted by atomic mass is 9.75. The van der Waals surface area contributed by atoms with E-state index in [-0.39, 0.29) is 35.3 Å². The zero-order valence-corrected chi connectivity index (χ0v) is 19.9. The number of fused-ring (bicyclic) bond motifs is 1. The molecule has 178 valence electrons. The number of nitrogens with zero attached hydrogens (tertiary/aromatic N) is 1. The molecule has 1 aromatic carbocycles. The molecule has 0 amide bonds. The molecular formula is C18H29NO9S3. The van der Waals surface area contributed by atoms with Crippen LogP contribution in [0.25, 0.3) is 0 Å². The van der Waals surface area contributed by atoms with Crippen LogP contribution in [0.4, 0.5) is 5.69 Å². The monoisotopic (exact) mass is 499 g/mol. The number of hydrogen-bond acceptors (Lipinski definition) is 7. The van der Waals surface area contributed by atoms with Crippen molar-refractivity contribution in [2.24, 2.45) is 0 Å². The SMILES string of the molecule is CC1N(CCCCS(=O)(=O)O)c2ccc(S(=O)(=O)O)cc2C1(C)CCCCS(=O)(=O)O. The molecule has 2 atom stereocenters. The minimum absolute atomic E-state index is 0.129. The summed E-state index contributed by atoms with van der Waals surface area (Å²) in [6.07, 6.45) is 1.94. The van der Waals surface area contributed by atoms with E-state index in [2.05, 4.69) is 0 Å². The van der Waals surface area contributed by atoms with Gasteiger partial charge in [0.15, 0.2) is 0 Å². The molecule has 0 saturated carbocycles. The Morgan fingerprint density at radius 2 is 1.45 bits per heavy atom. The molecule has 31 heavy (non-hydrogen) atoms. The predicted octanol–water partition coefficient (Wildman–Crippen LogP) is 2.13. The molecule has 0 aliphatic carbocycles. The Morgan fingerprint density at radius 1 is 0.903 bits per heavy atom. The summed E-state index contributed by atoms with van der Waals surface area (Å²) in [4.78, 5) is 1.78. The van der Waals surface area contributed by atoms with Gasteiger partial charge in [-0.3, -0.25) is 13.7 Å². The van der Waals surface area contributed by atoms with Gasteiger partial charge in [0, 0.05) is 23.7 Å². The van der Waals surface area contributed by atoms with Gasteiger partial charge in [0.1, 0.15) is 0 Å². The quantitative estimate of drug-likeness (QED) is 0.303. The largest absolute Gasteiger partial charge is 0.368 e. The van der Waals surface area contributed by atoms with Crippen LogP contribution in [0.15, 0.2) is 23.1 Å². The molecule has 1 heterocycles. The summed E-state index contributed by atoms with van der Waals surface area (Å²) in [5.74, 6) is -0.717. The first-order valence-corrected chi connectivity index (χ1v) is 14.5. The number of benzene rings is 1. The lowest BCUT2D eigenvalue weighted by Crippen LogP contribution is -2.41.